The number of rotatable bonds is 5. The first-order valence-electron chi connectivity index (χ1n) is 8.69. The van der Waals surface area contributed by atoms with E-state index in [1.54, 1.807) is 4.88 Å². The molecule has 2 heteroatoms. The van der Waals surface area contributed by atoms with Crippen LogP contribution < -0.4 is 5.32 Å². The Hall–Kier alpha value is -0.340. The molecule has 1 nitrogen and oxygen atoms in total. The van der Waals surface area contributed by atoms with Crippen molar-refractivity contribution < 1.29 is 0 Å². The van der Waals surface area contributed by atoms with Crippen molar-refractivity contribution in [3.8, 4) is 0 Å². The largest absolute Gasteiger partial charge is 0.316 e. The molecule has 1 N–H and O–H groups in total. The Morgan fingerprint density at radius 1 is 1.24 bits per heavy atom. The van der Waals surface area contributed by atoms with Crippen LogP contribution >= 0.6 is 11.3 Å². The highest BCUT2D eigenvalue weighted by Crippen LogP contribution is 2.47. The van der Waals surface area contributed by atoms with Gasteiger partial charge in [0.05, 0.1) is 0 Å². The summed E-state index contributed by atoms with van der Waals surface area (Å²) in [6.07, 6.45) is 5.41. The fraction of sp³-hybridized carbons (Fsp3) is 0.789. The van der Waals surface area contributed by atoms with Crippen molar-refractivity contribution in [1.29, 1.82) is 0 Å². The molecular formula is C19H33NS. The summed E-state index contributed by atoms with van der Waals surface area (Å²) in [6, 6.07) is 4.69. The molecular weight excluding hydrogens is 274 g/mol. The lowest BCUT2D eigenvalue weighted by Crippen LogP contribution is -2.35. The van der Waals surface area contributed by atoms with E-state index < -0.39 is 0 Å². The first kappa shape index (κ1) is 17.0. The third-order valence-electron chi connectivity index (χ3n) is 5.18. The van der Waals surface area contributed by atoms with E-state index in [9.17, 15) is 0 Å². The van der Waals surface area contributed by atoms with Crippen molar-refractivity contribution in [3.63, 3.8) is 0 Å². The Labute approximate surface area is 135 Å². The number of aryl methyl sites for hydroxylation is 1. The summed E-state index contributed by atoms with van der Waals surface area (Å²) in [5, 5.41) is 3.67. The monoisotopic (exact) mass is 307 g/mol. The molecule has 0 bridgehead atoms. The Morgan fingerprint density at radius 2 is 2.00 bits per heavy atom. The molecule has 0 radical (unpaired) electrons. The molecule has 3 atom stereocenters. The summed E-state index contributed by atoms with van der Waals surface area (Å²) >= 11 is 2.02. The predicted molar refractivity (Wildman–Crippen MR) is 95.2 cm³/mol. The highest BCUT2D eigenvalue weighted by atomic mass is 32.1. The molecule has 120 valence electrons. The van der Waals surface area contributed by atoms with E-state index in [0.29, 0.717) is 5.41 Å². The summed E-state index contributed by atoms with van der Waals surface area (Å²) in [5.41, 5.74) is 0.451. The Bertz CT molecular complexity index is 429. The molecule has 0 amide bonds. The van der Waals surface area contributed by atoms with Gasteiger partial charge in [-0.05, 0) is 81.0 Å². The number of hydrogen-bond acceptors (Lipinski definition) is 2. The van der Waals surface area contributed by atoms with Gasteiger partial charge in [-0.1, -0.05) is 27.7 Å². The van der Waals surface area contributed by atoms with Crippen molar-refractivity contribution in [2.45, 2.75) is 66.2 Å². The van der Waals surface area contributed by atoms with Gasteiger partial charge in [0, 0.05) is 9.75 Å². The van der Waals surface area contributed by atoms with Crippen molar-refractivity contribution >= 4 is 11.3 Å². The van der Waals surface area contributed by atoms with Crippen LogP contribution in [0, 0.1) is 24.2 Å². The van der Waals surface area contributed by atoms with Crippen LogP contribution in [-0.2, 0) is 0 Å². The topological polar surface area (TPSA) is 12.0 Å². The summed E-state index contributed by atoms with van der Waals surface area (Å²) in [7, 11) is 0. The molecule has 1 aliphatic rings. The second kappa shape index (κ2) is 7.28. The van der Waals surface area contributed by atoms with Gasteiger partial charge in [-0.3, -0.25) is 0 Å². The van der Waals surface area contributed by atoms with Crippen LogP contribution in [0.15, 0.2) is 12.1 Å². The fourth-order valence-electron chi connectivity index (χ4n) is 3.73. The van der Waals surface area contributed by atoms with Gasteiger partial charge in [0.15, 0.2) is 0 Å². The quantitative estimate of drug-likeness (QED) is 0.698. The van der Waals surface area contributed by atoms with Gasteiger partial charge >= 0.3 is 0 Å². The van der Waals surface area contributed by atoms with Crippen LogP contribution in [0.5, 0.6) is 0 Å². The molecule has 0 aliphatic heterocycles. The van der Waals surface area contributed by atoms with Gasteiger partial charge < -0.3 is 5.32 Å². The summed E-state index contributed by atoms with van der Waals surface area (Å²) in [5.74, 6) is 2.46. The fourth-order valence-corrected chi connectivity index (χ4v) is 4.81. The molecule has 2 rings (SSSR count). The van der Waals surface area contributed by atoms with Gasteiger partial charge in [0.2, 0.25) is 0 Å². The molecule has 1 saturated carbocycles. The van der Waals surface area contributed by atoms with E-state index in [-0.39, 0.29) is 0 Å². The molecule has 21 heavy (non-hydrogen) atoms. The van der Waals surface area contributed by atoms with Crippen molar-refractivity contribution in [2.75, 3.05) is 13.1 Å². The van der Waals surface area contributed by atoms with E-state index in [0.717, 1.165) is 24.3 Å². The van der Waals surface area contributed by atoms with Crippen LogP contribution in [0.2, 0.25) is 0 Å². The van der Waals surface area contributed by atoms with E-state index in [2.05, 4.69) is 52.1 Å². The lowest BCUT2D eigenvalue weighted by Gasteiger charge is -2.42. The Balaban J connectivity index is 2.10. The Kier molecular flexibility index (Phi) is 5.90. The highest BCUT2D eigenvalue weighted by molar-refractivity contribution is 7.12. The van der Waals surface area contributed by atoms with Gasteiger partial charge in [0.1, 0.15) is 0 Å². The minimum Gasteiger partial charge on any atom is -0.316 e. The van der Waals surface area contributed by atoms with Gasteiger partial charge in [-0.2, -0.15) is 0 Å². The van der Waals surface area contributed by atoms with Gasteiger partial charge in [-0.25, -0.2) is 0 Å². The lowest BCUT2D eigenvalue weighted by molar-refractivity contribution is 0.130. The minimum atomic E-state index is 0.451. The zero-order chi connectivity index (χ0) is 15.5. The lowest BCUT2D eigenvalue weighted by atomic mass is 9.65. The highest BCUT2D eigenvalue weighted by Gasteiger charge is 2.36. The van der Waals surface area contributed by atoms with Crippen LogP contribution in [0.25, 0.3) is 0 Å². The van der Waals surface area contributed by atoms with Crippen LogP contribution in [0.3, 0.4) is 0 Å². The zero-order valence-corrected chi connectivity index (χ0v) is 15.4. The smallest absolute Gasteiger partial charge is 0.00823 e. The maximum atomic E-state index is 3.67. The molecule has 0 spiro atoms. The maximum absolute atomic E-state index is 3.67. The normalized spacial score (nSPS) is 27.0. The molecule has 3 unspecified atom stereocenters. The van der Waals surface area contributed by atoms with E-state index in [4.69, 9.17) is 0 Å². The molecule has 1 fully saturated rings. The van der Waals surface area contributed by atoms with Crippen LogP contribution in [0.1, 0.15) is 69.1 Å². The number of nitrogens with one attached hydrogen (secondary N) is 1. The second-order valence-corrected chi connectivity index (χ2v) is 9.21. The van der Waals surface area contributed by atoms with Gasteiger partial charge in [0.25, 0.3) is 0 Å². The first-order chi connectivity index (χ1) is 9.91. The summed E-state index contributed by atoms with van der Waals surface area (Å²) < 4.78 is 0. The molecule has 1 heterocycles. The predicted octanol–water partition coefficient (Wildman–Crippen LogP) is 5.60. The third kappa shape index (κ3) is 4.56. The van der Waals surface area contributed by atoms with Crippen LogP contribution in [0.4, 0.5) is 0 Å². The Morgan fingerprint density at radius 3 is 2.57 bits per heavy atom. The average Bonchev–Trinajstić information content (AvgIpc) is 2.84. The van der Waals surface area contributed by atoms with Crippen molar-refractivity contribution in [2.24, 2.45) is 17.3 Å². The molecule has 0 saturated heterocycles. The number of thiophene rings is 1. The minimum absolute atomic E-state index is 0.451. The molecule has 1 aliphatic carbocycles. The molecule has 1 aromatic heterocycles. The second-order valence-electron chi connectivity index (χ2n) is 7.90. The van der Waals surface area contributed by atoms with E-state index in [1.165, 1.54) is 37.1 Å². The standard InChI is InChI=1S/C19H33NS/c1-6-11-20-13-15-8-9-16(19(3,4)5)12-17(15)18-10-7-14(2)21-18/h7,10,15-17,20H,6,8-9,11-13H2,1-5H3. The van der Waals surface area contributed by atoms with Crippen molar-refractivity contribution in [1.82, 2.24) is 5.32 Å². The van der Waals surface area contributed by atoms with E-state index >= 15 is 0 Å². The molecule has 0 aromatic carbocycles. The SMILES string of the molecule is CCCNCC1CCC(C(C)(C)C)CC1c1ccc(C)s1. The maximum Gasteiger partial charge on any atom is 0.00823 e. The zero-order valence-electron chi connectivity index (χ0n) is 14.5. The van der Waals surface area contributed by atoms with Crippen molar-refractivity contribution in [3.05, 3.63) is 21.9 Å². The van der Waals surface area contributed by atoms with Crippen LogP contribution in [-0.4, -0.2) is 13.1 Å². The third-order valence-corrected chi connectivity index (χ3v) is 6.31. The summed E-state index contributed by atoms with van der Waals surface area (Å²) in [6.45, 7) is 14.1. The van der Waals surface area contributed by atoms with Gasteiger partial charge in [-0.15, -0.1) is 11.3 Å². The molecule has 1 aromatic rings. The first-order valence-corrected chi connectivity index (χ1v) is 9.50. The summed E-state index contributed by atoms with van der Waals surface area (Å²) in [4.78, 5) is 3.09. The average molecular weight is 308 g/mol. The number of hydrogen-bond donors (Lipinski definition) is 1. The van der Waals surface area contributed by atoms with E-state index in [1.807, 2.05) is 11.3 Å².